The molecule has 0 spiro atoms. The number of aliphatic hydroxyl groups is 1. The molecular weight excluding hydrogens is 216 g/mol. The van der Waals surface area contributed by atoms with Gasteiger partial charge in [0, 0.05) is 26.7 Å². The number of nitrogens with one attached hydrogen (secondary N) is 1. The number of hydrogen-bond donors (Lipinski definition) is 2. The summed E-state index contributed by atoms with van der Waals surface area (Å²) in [5.41, 5.74) is 0. The maximum Gasteiger partial charge on any atom is 0.149 e. The van der Waals surface area contributed by atoms with E-state index >= 15 is 0 Å². The van der Waals surface area contributed by atoms with Crippen LogP contribution in [0, 0.1) is 0 Å². The van der Waals surface area contributed by atoms with Gasteiger partial charge in [-0.05, 0) is 26.2 Å². The quantitative estimate of drug-likeness (QED) is 0.672. The summed E-state index contributed by atoms with van der Waals surface area (Å²) in [6.07, 6.45) is 6.47. The standard InChI is InChI=1S/C12H22N4O/c1-3-14-11-9-13-10-12(15-11)16(2)7-5-4-6-8-17/h9-10,17H,3-8H2,1-2H3,(H,14,15). The average molecular weight is 238 g/mol. The number of rotatable bonds is 8. The first kappa shape index (κ1) is 13.7. The van der Waals surface area contributed by atoms with Crippen LogP contribution in [0.1, 0.15) is 26.2 Å². The first-order valence-corrected chi connectivity index (χ1v) is 6.15. The smallest absolute Gasteiger partial charge is 0.149 e. The fourth-order valence-electron chi connectivity index (χ4n) is 1.56. The molecule has 5 heteroatoms. The average Bonchev–Trinajstić information content (AvgIpc) is 2.35. The molecule has 17 heavy (non-hydrogen) atoms. The summed E-state index contributed by atoms with van der Waals surface area (Å²) < 4.78 is 0. The van der Waals surface area contributed by atoms with Gasteiger partial charge < -0.3 is 15.3 Å². The highest BCUT2D eigenvalue weighted by Gasteiger charge is 2.03. The van der Waals surface area contributed by atoms with Crippen molar-refractivity contribution < 1.29 is 5.11 Å². The summed E-state index contributed by atoms with van der Waals surface area (Å²) in [6.45, 7) is 4.09. The molecule has 0 fully saturated rings. The highest BCUT2D eigenvalue weighted by atomic mass is 16.2. The minimum absolute atomic E-state index is 0.277. The molecule has 0 radical (unpaired) electrons. The Bertz CT molecular complexity index is 319. The maximum atomic E-state index is 8.70. The predicted octanol–water partition coefficient (Wildman–Crippen LogP) is 1.51. The molecule has 1 heterocycles. The van der Waals surface area contributed by atoms with Gasteiger partial charge in [-0.1, -0.05) is 0 Å². The summed E-state index contributed by atoms with van der Waals surface area (Å²) in [7, 11) is 2.01. The fourth-order valence-corrected chi connectivity index (χ4v) is 1.56. The van der Waals surface area contributed by atoms with Crippen LogP contribution in [-0.4, -0.2) is 41.8 Å². The van der Waals surface area contributed by atoms with Crippen LogP contribution in [0.3, 0.4) is 0 Å². The van der Waals surface area contributed by atoms with E-state index in [2.05, 4.69) is 20.2 Å². The summed E-state index contributed by atoms with van der Waals surface area (Å²) >= 11 is 0. The normalized spacial score (nSPS) is 10.3. The minimum atomic E-state index is 0.277. The Hall–Kier alpha value is -1.36. The Balaban J connectivity index is 2.44. The van der Waals surface area contributed by atoms with Crippen LogP contribution in [0.15, 0.2) is 12.4 Å². The Morgan fingerprint density at radius 2 is 2.12 bits per heavy atom. The molecule has 1 aromatic heterocycles. The lowest BCUT2D eigenvalue weighted by Crippen LogP contribution is -2.20. The Morgan fingerprint density at radius 3 is 2.82 bits per heavy atom. The first-order valence-electron chi connectivity index (χ1n) is 6.15. The molecule has 0 bridgehead atoms. The van der Waals surface area contributed by atoms with Crippen molar-refractivity contribution in [1.29, 1.82) is 0 Å². The van der Waals surface area contributed by atoms with Crippen molar-refractivity contribution in [1.82, 2.24) is 9.97 Å². The molecule has 0 saturated carbocycles. The topological polar surface area (TPSA) is 61.3 Å². The van der Waals surface area contributed by atoms with E-state index in [-0.39, 0.29) is 6.61 Å². The molecule has 1 aromatic rings. The molecule has 0 aliphatic rings. The minimum Gasteiger partial charge on any atom is -0.396 e. The first-order chi connectivity index (χ1) is 8.27. The summed E-state index contributed by atoms with van der Waals surface area (Å²) in [4.78, 5) is 10.7. The van der Waals surface area contributed by atoms with Crippen molar-refractivity contribution >= 4 is 11.6 Å². The number of aliphatic hydroxyl groups excluding tert-OH is 1. The molecule has 0 saturated heterocycles. The second-order valence-corrected chi connectivity index (χ2v) is 4.00. The second-order valence-electron chi connectivity index (χ2n) is 4.00. The van der Waals surface area contributed by atoms with Crippen molar-refractivity contribution in [3.8, 4) is 0 Å². The van der Waals surface area contributed by atoms with Gasteiger partial charge in [0.25, 0.3) is 0 Å². The van der Waals surface area contributed by atoms with Crippen LogP contribution in [0.25, 0.3) is 0 Å². The largest absolute Gasteiger partial charge is 0.396 e. The molecule has 5 nitrogen and oxygen atoms in total. The SMILES string of the molecule is CCNc1cncc(N(C)CCCCCO)n1. The van der Waals surface area contributed by atoms with Crippen LogP contribution < -0.4 is 10.2 Å². The summed E-state index contributed by atoms with van der Waals surface area (Å²) in [5.74, 6) is 1.69. The maximum absolute atomic E-state index is 8.70. The number of aromatic nitrogens is 2. The third-order valence-corrected chi connectivity index (χ3v) is 2.52. The number of hydrogen-bond acceptors (Lipinski definition) is 5. The van der Waals surface area contributed by atoms with Crippen molar-refractivity contribution in [2.75, 3.05) is 37.0 Å². The Kier molecular flexibility index (Phi) is 6.32. The van der Waals surface area contributed by atoms with Gasteiger partial charge >= 0.3 is 0 Å². The van der Waals surface area contributed by atoms with E-state index in [1.807, 2.05) is 14.0 Å². The third-order valence-electron chi connectivity index (χ3n) is 2.52. The molecule has 0 atom stereocenters. The van der Waals surface area contributed by atoms with E-state index in [1.54, 1.807) is 12.4 Å². The van der Waals surface area contributed by atoms with Gasteiger partial charge in [-0.15, -0.1) is 0 Å². The zero-order valence-electron chi connectivity index (χ0n) is 10.7. The van der Waals surface area contributed by atoms with Crippen molar-refractivity contribution in [3.63, 3.8) is 0 Å². The van der Waals surface area contributed by atoms with E-state index in [1.165, 1.54) is 0 Å². The third kappa shape index (κ3) is 4.99. The predicted molar refractivity (Wildman–Crippen MR) is 70.4 cm³/mol. The van der Waals surface area contributed by atoms with Gasteiger partial charge in [-0.3, -0.25) is 4.98 Å². The van der Waals surface area contributed by atoms with Crippen LogP contribution in [0.2, 0.25) is 0 Å². The van der Waals surface area contributed by atoms with E-state index in [0.29, 0.717) is 0 Å². The molecule has 1 rings (SSSR count). The molecule has 96 valence electrons. The van der Waals surface area contributed by atoms with E-state index in [4.69, 9.17) is 5.11 Å². The van der Waals surface area contributed by atoms with Crippen molar-refractivity contribution in [3.05, 3.63) is 12.4 Å². The number of anilines is 2. The second kappa shape index (κ2) is 7.84. The fraction of sp³-hybridized carbons (Fsp3) is 0.667. The molecule has 0 unspecified atom stereocenters. The number of unbranched alkanes of at least 4 members (excludes halogenated alkanes) is 2. The van der Waals surface area contributed by atoms with E-state index in [9.17, 15) is 0 Å². The van der Waals surface area contributed by atoms with E-state index in [0.717, 1.165) is 44.0 Å². The summed E-state index contributed by atoms with van der Waals surface area (Å²) in [6, 6.07) is 0. The Labute approximate surface area is 103 Å². The van der Waals surface area contributed by atoms with Crippen LogP contribution >= 0.6 is 0 Å². The van der Waals surface area contributed by atoms with Gasteiger partial charge in [-0.2, -0.15) is 0 Å². The number of nitrogens with zero attached hydrogens (tertiary/aromatic N) is 3. The van der Waals surface area contributed by atoms with Gasteiger partial charge in [0.2, 0.25) is 0 Å². The van der Waals surface area contributed by atoms with Crippen LogP contribution in [-0.2, 0) is 0 Å². The molecule has 0 aliphatic carbocycles. The van der Waals surface area contributed by atoms with Gasteiger partial charge in [0.05, 0.1) is 12.4 Å². The van der Waals surface area contributed by atoms with E-state index < -0.39 is 0 Å². The molecule has 0 aromatic carbocycles. The molecule has 0 amide bonds. The lowest BCUT2D eigenvalue weighted by Gasteiger charge is -2.18. The molecular formula is C12H22N4O. The molecule has 2 N–H and O–H groups in total. The van der Waals surface area contributed by atoms with Crippen molar-refractivity contribution in [2.24, 2.45) is 0 Å². The van der Waals surface area contributed by atoms with Gasteiger partial charge in [0.15, 0.2) is 0 Å². The van der Waals surface area contributed by atoms with Crippen LogP contribution in [0.4, 0.5) is 11.6 Å². The highest BCUT2D eigenvalue weighted by Crippen LogP contribution is 2.11. The summed E-state index contributed by atoms with van der Waals surface area (Å²) in [5, 5.41) is 11.8. The lowest BCUT2D eigenvalue weighted by molar-refractivity contribution is 0.283. The van der Waals surface area contributed by atoms with Crippen LogP contribution in [0.5, 0.6) is 0 Å². The molecule has 0 aliphatic heterocycles. The monoisotopic (exact) mass is 238 g/mol. The highest BCUT2D eigenvalue weighted by molar-refractivity contribution is 5.42. The zero-order valence-corrected chi connectivity index (χ0v) is 10.7. The van der Waals surface area contributed by atoms with Crippen molar-refractivity contribution in [2.45, 2.75) is 26.2 Å². The zero-order chi connectivity index (χ0) is 12.5. The Morgan fingerprint density at radius 1 is 1.29 bits per heavy atom. The van der Waals surface area contributed by atoms with Gasteiger partial charge in [0.1, 0.15) is 11.6 Å². The lowest BCUT2D eigenvalue weighted by atomic mass is 10.2. The van der Waals surface area contributed by atoms with Gasteiger partial charge in [-0.25, -0.2) is 4.98 Å².